The van der Waals surface area contributed by atoms with Crippen LogP contribution in [-0.4, -0.2) is 28.5 Å². The van der Waals surface area contributed by atoms with Crippen LogP contribution in [0.4, 0.5) is 0 Å². The van der Waals surface area contributed by atoms with Gasteiger partial charge in [-0.25, -0.2) is 9.78 Å². The van der Waals surface area contributed by atoms with Crippen LogP contribution in [0.2, 0.25) is 0 Å². The summed E-state index contributed by atoms with van der Waals surface area (Å²) in [6.07, 6.45) is 4.18. The van der Waals surface area contributed by atoms with Gasteiger partial charge in [-0.2, -0.15) is 0 Å². The van der Waals surface area contributed by atoms with E-state index in [1.54, 1.807) is 6.07 Å². The number of aromatic nitrogens is 1. The molecule has 2 rings (SSSR count). The fourth-order valence-electron chi connectivity index (χ4n) is 2.15. The van der Waals surface area contributed by atoms with E-state index in [1.807, 2.05) is 0 Å². The molecular formula is C13H17N3O3. The zero-order valence-corrected chi connectivity index (χ0v) is 10.6. The number of nitrogens with one attached hydrogen (secondary N) is 1. The van der Waals surface area contributed by atoms with Crippen LogP contribution in [0.3, 0.4) is 0 Å². The summed E-state index contributed by atoms with van der Waals surface area (Å²) in [4.78, 5) is 26.5. The Kier molecular flexibility index (Phi) is 3.80. The quantitative estimate of drug-likeness (QED) is 0.718. The molecule has 0 atom stereocenters. The van der Waals surface area contributed by atoms with Gasteiger partial charge in [0, 0.05) is 19.3 Å². The number of carbonyl (C=O) groups is 2. The summed E-state index contributed by atoms with van der Waals surface area (Å²) in [5.74, 6) is -1.09. The third-order valence-electron chi connectivity index (χ3n) is 3.68. The van der Waals surface area contributed by atoms with Gasteiger partial charge in [-0.3, -0.25) is 4.79 Å². The molecule has 0 saturated heterocycles. The number of nitrogens with two attached hydrogens (primary N) is 1. The second-order valence-corrected chi connectivity index (χ2v) is 4.88. The van der Waals surface area contributed by atoms with Gasteiger partial charge in [-0.1, -0.05) is 12.5 Å². The standard InChI is InChI=1S/C13H17N3O3/c14-8-13(4-1-5-13)12(19)16-7-9-2-3-10(11(17)18)15-6-9/h2-3,6H,1,4-5,7-8,14H2,(H,16,19)(H,17,18). The lowest BCUT2D eigenvalue weighted by molar-refractivity contribution is -0.135. The Balaban J connectivity index is 1.91. The third-order valence-corrected chi connectivity index (χ3v) is 3.68. The molecule has 4 N–H and O–H groups in total. The molecule has 0 spiro atoms. The van der Waals surface area contributed by atoms with E-state index >= 15 is 0 Å². The molecule has 1 aliphatic carbocycles. The van der Waals surface area contributed by atoms with E-state index in [9.17, 15) is 9.59 Å². The highest BCUT2D eigenvalue weighted by atomic mass is 16.4. The number of carbonyl (C=O) groups excluding carboxylic acids is 1. The molecule has 0 unspecified atom stereocenters. The minimum absolute atomic E-state index is 0.00695. The maximum atomic E-state index is 12.0. The van der Waals surface area contributed by atoms with E-state index in [0.29, 0.717) is 13.1 Å². The number of nitrogens with zero attached hydrogens (tertiary/aromatic N) is 1. The number of carboxylic acid groups (broad SMARTS) is 1. The molecule has 1 aromatic rings. The Bertz CT molecular complexity index is 475. The van der Waals surface area contributed by atoms with Crippen LogP contribution in [0.25, 0.3) is 0 Å². The van der Waals surface area contributed by atoms with Crippen LogP contribution in [0.5, 0.6) is 0 Å². The van der Waals surface area contributed by atoms with E-state index < -0.39 is 11.4 Å². The van der Waals surface area contributed by atoms with Crippen molar-refractivity contribution in [1.82, 2.24) is 10.3 Å². The van der Waals surface area contributed by atoms with Crippen molar-refractivity contribution >= 4 is 11.9 Å². The van der Waals surface area contributed by atoms with Crippen molar-refractivity contribution in [3.63, 3.8) is 0 Å². The van der Waals surface area contributed by atoms with Gasteiger partial charge in [-0.05, 0) is 24.5 Å². The van der Waals surface area contributed by atoms with Gasteiger partial charge in [0.1, 0.15) is 5.69 Å². The zero-order chi connectivity index (χ0) is 13.9. The van der Waals surface area contributed by atoms with Crippen molar-refractivity contribution in [2.45, 2.75) is 25.8 Å². The van der Waals surface area contributed by atoms with Crippen LogP contribution in [0.1, 0.15) is 35.3 Å². The Morgan fingerprint density at radius 1 is 1.42 bits per heavy atom. The van der Waals surface area contributed by atoms with Crippen LogP contribution in [-0.2, 0) is 11.3 Å². The number of aromatic carboxylic acids is 1. The molecule has 102 valence electrons. The number of amides is 1. The molecular weight excluding hydrogens is 246 g/mol. The van der Waals surface area contributed by atoms with E-state index in [0.717, 1.165) is 24.8 Å². The molecule has 0 bridgehead atoms. The van der Waals surface area contributed by atoms with Crippen LogP contribution in [0.15, 0.2) is 18.3 Å². The summed E-state index contributed by atoms with van der Waals surface area (Å²) in [5, 5.41) is 11.6. The van der Waals surface area contributed by atoms with E-state index in [4.69, 9.17) is 10.8 Å². The number of hydrogen-bond donors (Lipinski definition) is 3. The highest BCUT2D eigenvalue weighted by molar-refractivity contribution is 5.85. The Labute approximate surface area is 111 Å². The summed E-state index contributed by atoms with van der Waals surface area (Å²) < 4.78 is 0. The number of carboxylic acids is 1. The molecule has 1 amide bonds. The average Bonchev–Trinajstić information content (AvgIpc) is 2.36. The smallest absolute Gasteiger partial charge is 0.354 e. The van der Waals surface area contributed by atoms with Crippen molar-refractivity contribution < 1.29 is 14.7 Å². The maximum absolute atomic E-state index is 12.0. The first-order valence-electron chi connectivity index (χ1n) is 6.24. The van der Waals surface area contributed by atoms with Crippen LogP contribution >= 0.6 is 0 Å². The van der Waals surface area contributed by atoms with Gasteiger partial charge >= 0.3 is 5.97 Å². The molecule has 19 heavy (non-hydrogen) atoms. The van der Waals surface area contributed by atoms with Gasteiger partial charge in [0.15, 0.2) is 0 Å². The fraction of sp³-hybridized carbons (Fsp3) is 0.462. The second-order valence-electron chi connectivity index (χ2n) is 4.88. The predicted molar refractivity (Wildman–Crippen MR) is 68.4 cm³/mol. The van der Waals surface area contributed by atoms with Crippen molar-refractivity contribution in [1.29, 1.82) is 0 Å². The highest BCUT2D eigenvalue weighted by Crippen LogP contribution is 2.39. The summed E-state index contributed by atoms with van der Waals surface area (Å²) >= 11 is 0. The third kappa shape index (κ3) is 2.73. The summed E-state index contributed by atoms with van der Waals surface area (Å²) in [6.45, 7) is 0.711. The number of rotatable bonds is 5. The molecule has 0 aromatic carbocycles. The molecule has 6 heteroatoms. The number of hydrogen-bond acceptors (Lipinski definition) is 4. The summed E-state index contributed by atoms with van der Waals surface area (Å²) in [5.41, 5.74) is 6.02. The molecule has 1 aromatic heterocycles. The topological polar surface area (TPSA) is 105 Å². The fourth-order valence-corrected chi connectivity index (χ4v) is 2.15. The van der Waals surface area contributed by atoms with Crippen molar-refractivity contribution in [3.05, 3.63) is 29.6 Å². The first-order chi connectivity index (χ1) is 9.07. The number of pyridine rings is 1. The first-order valence-corrected chi connectivity index (χ1v) is 6.24. The molecule has 1 aliphatic rings. The molecule has 1 heterocycles. The Hall–Kier alpha value is -1.95. The van der Waals surface area contributed by atoms with Gasteiger partial charge in [-0.15, -0.1) is 0 Å². The Morgan fingerprint density at radius 3 is 2.58 bits per heavy atom. The SMILES string of the molecule is NCC1(C(=O)NCc2ccc(C(=O)O)nc2)CCC1. The van der Waals surface area contributed by atoms with Gasteiger partial charge < -0.3 is 16.2 Å². The van der Waals surface area contributed by atoms with Crippen molar-refractivity contribution in [2.75, 3.05) is 6.54 Å². The molecule has 0 radical (unpaired) electrons. The van der Waals surface area contributed by atoms with Crippen LogP contribution < -0.4 is 11.1 Å². The summed E-state index contributed by atoms with van der Waals surface area (Å²) in [6, 6.07) is 3.07. The average molecular weight is 263 g/mol. The second kappa shape index (κ2) is 5.36. The lowest BCUT2D eigenvalue weighted by Gasteiger charge is -2.39. The molecule has 0 aliphatic heterocycles. The highest BCUT2D eigenvalue weighted by Gasteiger charge is 2.42. The first kappa shape index (κ1) is 13.5. The summed E-state index contributed by atoms with van der Waals surface area (Å²) in [7, 11) is 0. The predicted octanol–water partition coefficient (Wildman–Crippen LogP) is 0.525. The maximum Gasteiger partial charge on any atom is 0.354 e. The zero-order valence-electron chi connectivity index (χ0n) is 10.6. The minimum atomic E-state index is -1.06. The Morgan fingerprint density at radius 2 is 2.16 bits per heavy atom. The van der Waals surface area contributed by atoms with E-state index in [2.05, 4.69) is 10.3 Å². The minimum Gasteiger partial charge on any atom is -0.477 e. The lowest BCUT2D eigenvalue weighted by Crippen LogP contribution is -2.50. The van der Waals surface area contributed by atoms with Crippen molar-refractivity contribution in [2.24, 2.45) is 11.1 Å². The molecule has 1 saturated carbocycles. The van der Waals surface area contributed by atoms with Gasteiger partial charge in [0.05, 0.1) is 5.41 Å². The van der Waals surface area contributed by atoms with E-state index in [-0.39, 0.29) is 11.6 Å². The largest absolute Gasteiger partial charge is 0.477 e. The van der Waals surface area contributed by atoms with Crippen LogP contribution in [0, 0.1) is 5.41 Å². The van der Waals surface area contributed by atoms with Crippen molar-refractivity contribution in [3.8, 4) is 0 Å². The molecule has 1 fully saturated rings. The normalized spacial score (nSPS) is 16.5. The molecule has 6 nitrogen and oxygen atoms in total. The lowest BCUT2D eigenvalue weighted by atomic mass is 9.68. The van der Waals surface area contributed by atoms with E-state index in [1.165, 1.54) is 12.3 Å². The van der Waals surface area contributed by atoms with Gasteiger partial charge in [0.2, 0.25) is 5.91 Å². The van der Waals surface area contributed by atoms with Gasteiger partial charge in [0.25, 0.3) is 0 Å². The monoisotopic (exact) mass is 263 g/mol.